The lowest BCUT2D eigenvalue weighted by Crippen LogP contribution is -2.33. The minimum Gasteiger partial charge on any atom is -0.444 e. The van der Waals surface area contributed by atoms with Crippen molar-refractivity contribution in [1.82, 2.24) is 0 Å². The molecule has 0 aliphatic heterocycles. The molecule has 0 saturated carbocycles. The zero-order valence-electron chi connectivity index (χ0n) is 10.5. The first-order valence-corrected chi connectivity index (χ1v) is 6.06. The first-order valence-electron chi connectivity index (χ1n) is 5.69. The van der Waals surface area contributed by atoms with Crippen LogP contribution in [0.5, 0.6) is 0 Å². The minimum atomic E-state index is -0.817. The van der Waals surface area contributed by atoms with Gasteiger partial charge in [0.05, 0.1) is 6.61 Å². The van der Waals surface area contributed by atoms with Gasteiger partial charge in [0.15, 0.2) is 0 Å². The molecule has 4 nitrogen and oxygen atoms in total. The molecule has 5 heteroatoms. The third-order valence-electron chi connectivity index (χ3n) is 2.66. The Morgan fingerprint density at radius 2 is 2.22 bits per heavy atom. The number of aliphatic hydroxyl groups is 1. The van der Waals surface area contributed by atoms with Crippen LogP contribution in [-0.4, -0.2) is 23.4 Å². The summed E-state index contributed by atoms with van der Waals surface area (Å²) in [7, 11) is 0. The summed E-state index contributed by atoms with van der Waals surface area (Å²) in [6.07, 6.45) is -0.352. The summed E-state index contributed by atoms with van der Waals surface area (Å²) in [6.45, 7) is 3.46. The van der Waals surface area contributed by atoms with Crippen molar-refractivity contribution in [2.45, 2.75) is 31.8 Å². The third-order valence-corrected chi connectivity index (χ3v) is 2.89. The molecule has 0 spiro atoms. The van der Waals surface area contributed by atoms with Gasteiger partial charge in [-0.25, -0.2) is 4.79 Å². The van der Waals surface area contributed by atoms with E-state index in [-0.39, 0.29) is 12.5 Å². The highest BCUT2D eigenvalue weighted by Gasteiger charge is 2.27. The lowest BCUT2D eigenvalue weighted by atomic mass is 9.88. The summed E-state index contributed by atoms with van der Waals surface area (Å²) in [5.41, 5.74) is 5.19. The molecule has 18 heavy (non-hydrogen) atoms. The maximum atomic E-state index is 10.8. The molecular weight excluding hydrogens is 254 g/mol. The lowest BCUT2D eigenvalue weighted by Gasteiger charge is -2.28. The van der Waals surface area contributed by atoms with Gasteiger partial charge in [-0.05, 0) is 38.0 Å². The monoisotopic (exact) mass is 271 g/mol. The second-order valence-electron chi connectivity index (χ2n) is 4.82. The van der Waals surface area contributed by atoms with E-state index in [1.54, 1.807) is 26.0 Å². The van der Waals surface area contributed by atoms with Crippen molar-refractivity contribution in [2.24, 2.45) is 5.73 Å². The molecule has 100 valence electrons. The number of hydrogen-bond donors (Lipinski definition) is 2. The predicted octanol–water partition coefficient (Wildman–Crippen LogP) is 2.68. The van der Waals surface area contributed by atoms with Crippen molar-refractivity contribution in [3.63, 3.8) is 0 Å². The van der Waals surface area contributed by atoms with Crippen molar-refractivity contribution in [1.29, 1.82) is 0 Å². The molecule has 0 heterocycles. The molecule has 0 saturated heterocycles. The predicted molar refractivity (Wildman–Crippen MR) is 70.6 cm³/mol. The van der Waals surface area contributed by atoms with E-state index in [9.17, 15) is 9.90 Å². The van der Waals surface area contributed by atoms with Gasteiger partial charge >= 0.3 is 6.09 Å². The van der Waals surface area contributed by atoms with Crippen LogP contribution < -0.4 is 5.73 Å². The average Bonchev–Trinajstić information content (AvgIpc) is 2.24. The van der Waals surface area contributed by atoms with E-state index in [2.05, 4.69) is 0 Å². The van der Waals surface area contributed by atoms with Crippen LogP contribution in [0, 0.1) is 0 Å². The fraction of sp³-hybridized carbons (Fsp3) is 0.462. The fourth-order valence-corrected chi connectivity index (χ4v) is 2.15. The number of ether oxygens (including phenoxy) is 1. The van der Waals surface area contributed by atoms with Crippen molar-refractivity contribution in [3.8, 4) is 0 Å². The summed E-state index contributed by atoms with van der Waals surface area (Å²) < 4.78 is 5.02. The second-order valence-corrected chi connectivity index (χ2v) is 5.26. The average molecular weight is 272 g/mol. The highest BCUT2D eigenvalue weighted by molar-refractivity contribution is 6.30. The first-order chi connectivity index (χ1) is 8.34. The zero-order valence-corrected chi connectivity index (χ0v) is 11.3. The molecule has 0 bridgehead atoms. The van der Waals surface area contributed by atoms with Gasteiger partial charge in [0.25, 0.3) is 0 Å². The molecule has 1 rings (SSSR count). The Morgan fingerprint density at radius 1 is 1.56 bits per heavy atom. The van der Waals surface area contributed by atoms with Crippen LogP contribution in [-0.2, 0) is 4.74 Å². The maximum absolute atomic E-state index is 10.8. The Bertz CT molecular complexity index is 420. The summed E-state index contributed by atoms with van der Waals surface area (Å²) >= 11 is 5.91. The molecule has 1 aromatic rings. The highest BCUT2D eigenvalue weighted by Crippen LogP contribution is 2.29. The first kappa shape index (κ1) is 14.8. The molecular formula is C13H18ClNO3. The van der Waals surface area contributed by atoms with Crippen LogP contribution in [0.2, 0.25) is 5.02 Å². The van der Waals surface area contributed by atoms with Crippen LogP contribution in [0.3, 0.4) is 0 Å². The van der Waals surface area contributed by atoms with Crippen molar-refractivity contribution >= 4 is 17.7 Å². The molecule has 0 radical (unpaired) electrons. The normalized spacial score (nSPS) is 13.1. The number of aliphatic hydroxyl groups excluding tert-OH is 1. The van der Waals surface area contributed by atoms with Crippen LogP contribution in [0.4, 0.5) is 4.79 Å². The fourth-order valence-electron chi connectivity index (χ4n) is 1.96. The van der Waals surface area contributed by atoms with E-state index < -0.39 is 11.7 Å². The topological polar surface area (TPSA) is 72.6 Å². The number of carbonyl (C=O) groups is 1. The molecule has 0 aliphatic rings. The largest absolute Gasteiger partial charge is 0.444 e. The highest BCUT2D eigenvalue weighted by atomic mass is 35.5. The van der Waals surface area contributed by atoms with Gasteiger partial charge in [-0.15, -0.1) is 0 Å². The van der Waals surface area contributed by atoms with E-state index in [4.69, 9.17) is 22.1 Å². The van der Waals surface area contributed by atoms with Crippen molar-refractivity contribution in [3.05, 3.63) is 34.9 Å². The van der Waals surface area contributed by atoms with Gasteiger partial charge in [-0.3, -0.25) is 0 Å². The summed E-state index contributed by atoms with van der Waals surface area (Å²) in [6, 6.07) is 7.27. The number of nitrogens with two attached hydrogens (primary N) is 1. The van der Waals surface area contributed by atoms with E-state index in [0.717, 1.165) is 5.56 Å². The Hall–Kier alpha value is -1.26. The molecule has 3 N–H and O–H groups in total. The minimum absolute atomic E-state index is 0.0497. The van der Waals surface area contributed by atoms with Crippen molar-refractivity contribution in [2.75, 3.05) is 6.61 Å². The number of halogens is 1. The van der Waals surface area contributed by atoms with E-state index >= 15 is 0 Å². The van der Waals surface area contributed by atoms with Gasteiger partial charge in [0.1, 0.15) is 5.60 Å². The number of rotatable bonds is 5. The van der Waals surface area contributed by atoms with Crippen molar-refractivity contribution < 1.29 is 14.6 Å². The van der Waals surface area contributed by atoms with Crippen LogP contribution in [0.25, 0.3) is 0 Å². The SMILES string of the molecule is CC(C)(CC(CO)c1cccc(Cl)c1)OC(N)=O. The lowest BCUT2D eigenvalue weighted by molar-refractivity contribution is 0.0285. The summed E-state index contributed by atoms with van der Waals surface area (Å²) in [4.78, 5) is 10.8. The molecule has 1 aromatic carbocycles. The van der Waals surface area contributed by atoms with Gasteiger partial charge in [-0.1, -0.05) is 23.7 Å². The molecule has 1 unspecified atom stereocenters. The Labute approximate surface area is 112 Å². The van der Waals surface area contributed by atoms with Gasteiger partial charge < -0.3 is 15.6 Å². The summed E-state index contributed by atoms with van der Waals surface area (Å²) in [5, 5.41) is 10.1. The smallest absolute Gasteiger partial charge is 0.405 e. The number of carbonyl (C=O) groups excluding carboxylic acids is 1. The number of primary amides is 1. The standard InChI is InChI=1S/C13H18ClNO3/c1-13(2,18-12(15)17)7-10(8-16)9-4-3-5-11(14)6-9/h3-6,10,16H,7-8H2,1-2H3,(H2,15,17). The summed E-state index contributed by atoms with van der Waals surface area (Å²) in [5.74, 6) is -0.155. The Morgan fingerprint density at radius 3 is 2.72 bits per heavy atom. The zero-order chi connectivity index (χ0) is 13.8. The van der Waals surface area contributed by atoms with Crippen LogP contribution in [0.1, 0.15) is 31.7 Å². The Kier molecular flexibility index (Phi) is 4.99. The molecule has 0 fully saturated rings. The van der Waals surface area contributed by atoms with Crippen LogP contribution >= 0.6 is 11.6 Å². The molecule has 0 aliphatic carbocycles. The quantitative estimate of drug-likeness (QED) is 0.865. The molecule has 1 amide bonds. The second kappa shape index (κ2) is 6.07. The number of hydrogen-bond acceptors (Lipinski definition) is 3. The number of benzene rings is 1. The van der Waals surface area contributed by atoms with E-state index in [1.807, 2.05) is 12.1 Å². The number of amides is 1. The van der Waals surface area contributed by atoms with E-state index in [0.29, 0.717) is 11.4 Å². The Balaban J connectivity index is 2.82. The van der Waals surface area contributed by atoms with Crippen LogP contribution in [0.15, 0.2) is 24.3 Å². The third kappa shape index (κ3) is 4.55. The van der Waals surface area contributed by atoms with Gasteiger partial charge in [-0.2, -0.15) is 0 Å². The molecule has 1 atom stereocenters. The maximum Gasteiger partial charge on any atom is 0.405 e. The van der Waals surface area contributed by atoms with Gasteiger partial charge in [0.2, 0.25) is 0 Å². The van der Waals surface area contributed by atoms with E-state index in [1.165, 1.54) is 0 Å². The van der Waals surface area contributed by atoms with Gasteiger partial charge in [0, 0.05) is 10.9 Å². The molecule has 0 aromatic heterocycles.